The van der Waals surface area contributed by atoms with Crippen LogP contribution in [0.5, 0.6) is 0 Å². The first-order chi connectivity index (χ1) is 11.3. The second-order valence-corrected chi connectivity index (χ2v) is 5.36. The summed E-state index contributed by atoms with van der Waals surface area (Å²) in [4.78, 5) is 11.0. The van der Waals surface area contributed by atoms with E-state index in [-0.39, 0.29) is 5.97 Å². The van der Waals surface area contributed by atoms with Crippen molar-refractivity contribution in [2.45, 2.75) is 19.4 Å². The monoisotopic (exact) mass is 309 g/mol. The Morgan fingerprint density at radius 3 is 2.48 bits per heavy atom. The van der Waals surface area contributed by atoms with Crippen molar-refractivity contribution in [1.82, 2.24) is 5.32 Å². The Balaban J connectivity index is 1.68. The fourth-order valence-electron chi connectivity index (χ4n) is 2.27. The molecule has 3 nitrogen and oxygen atoms in total. The smallest absolute Gasteiger partial charge is 0.330 e. The van der Waals surface area contributed by atoms with Gasteiger partial charge in [-0.3, -0.25) is 0 Å². The predicted molar refractivity (Wildman–Crippen MR) is 94.0 cm³/mol. The molecule has 2 aromatic carbocycles. The molecule has 2 aromatic rings. The molecule has 0 amide bonds. The van der Waals surface area contributed by atoms with Crippen LogP contribution < -0.4 is 5.32 Å². The van der Waals surface area contributed by atoms with Gasteiger partial charge in [-0.15, -0.1) is 0 Å². The maximum Gasteiger partial charge on any atom is 0.330 e. The average Bonchev–Trinajstić information content (AvgIpc) is 2.61. The van der Waals surface area contributed by atoms with Crippen LogP contribution in [0.1, 0.15) is 23.1 Å². The number of nitrogens with one attached hydrogen (secondary N) is 1. The summed E-state index contributed by atoms with van der Waals surface area (Å²) in [6.07, 6.45) is 5.41. The van der Waals surface area contributed by atoms with E-state index in [2.05, 4.69) is 46.5 Å². The Labute approximate surface area is 138 Å². The minimum Gasteiger partial charge on any atom is -0.466 e. The summed E-state index contributed by atoms with van der Waals surface area (Å²) >= 11 is 0. The third-order valence-electron chi connectivity index (χ3n) is 3.58. The number of carbonyl (C=O) groups is 1. The second-order valence-electron chi connectivity index (χ2n) is 5.36. The number of hydrogen-bond acceptors (Lipinski definition) is 3. The lowest BCUT2D eigenvalue weighted by Gasteiger charge is -2.06. The van der Waals surface area contributed by atoms with Gasteiger partial charge >= 0.3 is 5.97 Å². The summed E-state index contributed by atoms with van der Waals surface area (Å²) < 4.78 is 4.57. The van der Waals surface area contributed by atoms with Crippen LogP contribution in [0.3, 0.4) is 0 Å². The molecule has 1 N–H and O–H groups in total. The molecule has 0 fully saturated rings. The Morgan fingerprint density at radius 2 is 1.78 bits per heavy atom. The van der Waals surface area contributed by atoms with E-state index in [1.165, 1.54) is 24.3 Å². The van der Waals surface area contributed by atoms with Crippen molar-refractivity contribution in [3.05, 3.63) is 77.4 Å². The zero-order valence-electron chi connectivity index (χ0n) is 13.5. The van der Waals surface area contributed by atoms with E-state index in [1.54, 1.807) is 6.08 Å². The van der Waals surface area contributed by atoms with E-state index in [9.17, 15) is 4.79 Å². The minimum atomic E-state index is -0.339. The lowest BCUT2D eigenvalue weighted by molar-refractivity contribution is -0.134. The molecule has 0 atom stereocenters. The lowest BCUT2D eigenvalue weighted by Crippen LogP contribution is -2.15. The number of methoxy groups -OCH3 is 1. The summed E-state index contributed by atoms with van der Waals surface area (Å²) in [6, 6.07) is 18.7. The van der Waals surface area contributed by atoms with Gasteiger partial charge in [0.05, 0.1) is 7.11 Å². The number of benzene rings is 2. The van der Waals surface area contributed by atoms with Crippen LogP contribution >= 0.6 is 0 Å². The highest BCUT2D eigenvalue weighted by Crippen LogP contribution is 2.07. The van der Waals surface area contributed by atoms with E-state index in [4.69, 9.17) is 0 Å². The molecule has 0 aliphatic carbocycles. The molecule has 0 bridgehead atoms. The summed E-state index contributed by atoms with van der Waals surface area (Å²) in [7, 11) is 1.37. The van der Waals surface area contributed by atoms with Crippen LogP contribution in [0, 0.1) is 0 Å². The Hall–Kier alpha value is -2.39. The van der Waals surface area contributed by atoms with Crippen molar-refractivity contribution in [2.75, 3.05) is 13.7 Å². The van der Waals surface area contributed by atoms with Gasteiger partial charge < -0.3 is 10.1 Å². The van der Waals surface area contributed by atoms with Gasteiger partial charge in [0.15, 0.2) is 0 Å². The summed E-state index contributed by atoms with van der Waals surface area (Å²) in [5, 5.41) is 3.46. The van der Waals surface area contributed by atoms with Crippen molar-refractivity contribution >= 4 is 12.0 Å². The standard InChI is InChI=1S/C20H23NO2/c1-23-20(22)14-13-18-9-11-19(12-10-18)16-21-15-5-8-17-6-3-2-4-7-17/h2-4,6-7,9-14,21H,5,8,15-16H2,1H3/b14-13+. The van der Waals surface area contributed by atoms with Gasteiger partial charge in [-0.05, 0) is 42.2 Å². The Morgan fingerprint density at radius 1 is 1.04 bits per heavy atom. The molecule has 0 unspecified atom stereocenters. The SMILES string of the molecule is COC(=O)/C=C/c1ccc(CNCCCc2ccccc2)cc1. The number of hydrogen-bond donors (Lipinski definition) is 1. The van der Waals surface area contributed by atoms with Crippen LogP contribution in [-0.2, 0) is 22.5 Å². The molecule has 0 saturated carbocycles. The number of aryl methyl sites for hydroxylation is 1. The highest BCUT2D eigenvalue weighted by Gasteiger charge is 1.96. The van der Waals surface area contributed by atoms with Gasteiger partial charge in [0.25, 0.3) is 0 Å². The molecule has 0 heterocycles. The summed E-state index contributed by atoms with van der Waals surface area (Å²) in [6.45, 7) is 1.86. The van der Waals surface area contributed by atoms with Crippen molar-refractivity contribution in [3.8, 4) is 0 Å². The number of ether oxygens (including phenoxy) is 1. The van der Waals surface area contributed by atoms with Gasteiger partial charge in [0.1, 0.15) is 0 Å². The van der Waals surface area contributed by atoms with Crippen molar-refractivity contribution in [2.24, 2.45) is 0 Å². The third kappa shape index (κ3) is 6.49. The summed E-state index contributed by atoms with van der Waals surface area (Å²) in [5.41, 5.74) is 3.61. The molecule has 3 heteroatoms. The first-order valence-electron chi connectivity index (χ1n) is 7.87. The largest absolute Gasteiger partial charge is 0.466 e. The van der Waals surface area contributed by atoms with Gasteiger partial charge in [0.2, 0.25) is 0 Å². The maximum atomic E-state index is 11.0. The first-order valence-corrected chi connectivity index (χ1v) is 7.87. The van der Waals surface area contributed by atoms with Crippen molar-refractivity contribution in [3.63, 3.8) is 0 Å². The quantitative estimate of drug-likeness (QED) is 0.460. The maximum absolute atomic E-state index is 11.0. The molecule has 0 radical (unpaired) electrons. The summed E-state index contributed by atoms with van der Waals surface area (Å²) in [5.74, 6) is -0.339. The van der Waals surface area contributed by atoms with E-state index in [0.717, 1.165) is 31.5 Å². The van der Waals surface area contributed by atoms with E-state index < -0.39 is 0 Å². The first kappa shape index (κ1) is 17.0. The molecule has 0 saturated heterocycles. The van der Waals surface area contributed by atoms with Crippen molar-refractivity contribution in [1.29, 1.82) is 0 Å². The highest BCUT2D eigenvalue weighted by molar-refractivity contribution is 5.86. The molecule has 120 valence electrons. The fourth-order valence-corrected chi connectivity index (χ4v) is 2.27. The van der Waals surface area contributed by atoms with E-state index >= 15 is 0 Å². The average molecular weight is 309 g/mol. The molecular weight excluding hydrogens is 286 g/mol. The van der Waals surface area contributed by atoms with Gasteiger partial charge in [-0.25, -0.2) is 4.79 Å². The number of rotatable bonds is 8. The lowest BCUT2D eigenvalue weighted by atomic mass is 10.1. The second kappa shape index (κ2) is 9.59. The number of carbonyl (C=O) groups excluding carboxylic acids is 1. The molecular formula is C20H23NO2. The molecule has 23 heavy (non-hydrogen) atoms. The van der Waals surface area contributed by atoms with Crippen LogP contribution in [-0.4, -0.2) is 19.6 Å². The molecule has 0 spiro atoms. The normalized spacial score (nSPS) is 10.8. The van der Waals surface area contributed by atoms with Crippen LogP contribution in [0.4, 0.5) is 0 Å². The molecule has 0 aliphatic rings. The Kier molecular flexibility index (Phi) is 7.08. The number of esters is 1. The molecule has 2 rings (SSSR count). The predicted octanol–water partition coefficient (Wildman–Crippen LogP) is 3.60. The Bertz CT molecular complexity index is 618. The van der Waals surface area contributed by atoms with Gasteiger partial charge in [-0.1, -0.05) is 54.6 Å². The van der Waals surface area contributed by atoms with Crippen LogP contribution in [0.2, 0.25) is 0 Å². The zero-order valence-corrected chi connectivity index (χ0v) is 13.5. The van der Waals surface area contributed by atoms with Crippen molar-refractivity contribution < 1.29 is 9.53 Å². The zero-order chi connectivity index (χ0) is 16.3. The minimum absolute atomic E-state index is 0.339. The van der Waals surface area contributed by atoms with E-state index in [1.807, 2.05) is 18.2 Å². The topological polar surface area (TPSA) is 38.3 Å². The third-order valence-corrected chi connectivity index (χ3v) is 3.58. The van der Waals surface area contributed by atoms with Crippen LogP contribution in [0.25, 0.3) is 6.08 Å². The van der Waals surface area contributed by atoms with Gasteiger partial charge in [-0.2, -0.15) is 0 Å². The molecule has 0 aromatic heterocycles. The van der Waals surface area contributed by atoms with E-state index in [0.29, 0.717) is 0 Å². The fraction of sp³-hybridized carbons (Fsp3) is 0.250. The van der Waals surface area contributed by atoms with Gasteiger partial charge in [0, 0.05) is 12.6 Å². The molecule has 0 aliphatic heterocycles. The van der Waals surface area contributed by atoms with Crippen LogP contribution in [0.15, 0.2) is 60.7 Å². The highest BCUT2D eigenvalue weighted by atomic mass is 16.5.